The van der Waals surface area contributed by atoms with Crippen molar-refractivity contribution in [3.63, 3.8) is 0 Å². The van der Waals surface area contributed by atoms with Gasteiger partial charge in [-0.1, -0.05) is 6.92 Å². The van der Waals surface area contributed by atoms with Gasteiger partial charge in [0.15, 0.2) is 0 Å². The van der Waals surface area contributed by atoms with Crippen LogP contribution in [0.1, 0.15) is 37.5 Å². The zero-order valence-corrected chi connectivity index (χ0v) is 9.71. The molecule has 96 valence electrons. The molecule has 1 unspecified atom stereocenters. The number of aliphatic hydroxyl groups is 1. The Morgan fingerprint density at radius 1 is 1.29 bits per heavy atom. The Bertz CT molecular complexity index is 375. The van der Waals surface area contributed by atoms with Crippen LogP contribution in [-0.4, -0.2) is 11.7 Å². The SMILES string of the molecule is CCOc1ccc(C(F)(F)F)cc1C(O)CC. The number of hydrogen-bond donors (Lipinski definition) is 1. The molecule has 2 nitrogen and oxygen atoms in total. The molecule has 0 spiro atoms. The Balaban J connectivity index is 3.19. The van der Waals surface area contributed by atoms with Crippen LogP contribution in [0.25, 0.3) is 0 Å². The minimum Gasteiger partial charge on any atom is -0.493 e. The van der Waals surface area contributed by atoms with Gasteiger partial charge in [-0.15, -0.1) is 0 Å². The highest BCUT2D eigenvalue weighted by atomic mass is 19.4. The number of benzene rings is 1. The number of ether oxygens (including phenoxy) is 1. The van der Waals surface area contributed by atoms with Crippen molar-refractivity contribution in [3.8, 4) is 5.75 Å². The third-order valence-corrected chi connectivity index (χ3v) is 2.38. The largest absolute Gasteiger partial charge is 0.493 e. The van der Waals surface area contributed by atoms with Gasteiger partial charge < -0.3 is 9.84 Å². The molecule has 1 rings (SSSR count). The van der Waals surface area contributed by atoms with E-state index in [0.29, 0.717) is 18.8 Å². The number of rotatable bonds is 4. The maximum absolute atomic E-state index is 12.5. The summed E-state index contributed by atoms with van der Waals surface area (Å²) in [5.41, 5.74) is -0.590. The second-order valence-corrected chi connectivity index (χ2v) is 3.61. The summed E-state index contributed by atoms with van der Waals surface area (Å²) in [4.78, 5) is 0. The third-order valence-electron chi connectivity index (χ3n) is 2.38. The first-order chi connectivity index (χ1) is 7.90. The van der Waals surface area contributed by atoms with Crippen LogP contribution in [-0.2, 0) is 6.18 Å². The second-order valence-electron chi connectivity index (χ2n) is 3.61. The van der Waals surface area contributed by atoms with Crippen molar-refractivity contribution in [2.45, 2.75) is 32.5 Å². The van der Waals surface area contributed by atoms with E-state index in [0.717, 1.165) is 12.1 Å². The summed E-state index contributed by atoms with van der Waals surface area (Å²) in [6, 6.07) is 3.15. The van der Waals surface area contributed by atoms with Crippen molar-refractivity contribution in [2.75, 3.05) is 6.61 Å². The lowest BCUT2D eigenvalue weighted by molar-refractivity contribution is -0.137. The van der Waals surface area contributed by atoms with E-state index < -0.39 is 17.8 Å². The molecule has 5 heteroatoms. The van der Waals surface area contributed by atoms with E-state index in [1.165, 1.54) is 6.07 Å². The van der Waals surface area contributed by atoms with E-state index in [1.807, 2.05) is 0 Å². The molecule has 0 radical (unpaired) electrons. The fourth-order valence-corrected chi connectivity index (χ4v) is 1.49. The van der Waals surface area contributed by atoms with Gasteiger partial charge in [0.1, 0.15) is 5.75 Å². The number of aliphatic hydroxyl groups excluding tert-OH is 1. The highest BCUT2D eigenvalue weighted by Gasteiger charge is 2.31. The van der Waals surface area contributed by atoms with Crippen molar-refractivity contribution >= 4 is 0 Å². The first-order valence-corrected chi connectivity index (χ1v) is 5.42. The van der Waals surface area contributed by atoms with Gasteiger partial charge in [0.25, 0.3) is 0 Å². The maximum atomic E-state index is 12.5. The zero-order valence-electron chi connectivity index (χ0n) is 9.71. The van der Waals surface area contributed by atoms with Crippen molar-refractivity contribution < 1.29 is 23.0 Å². The van der Waals surface area contributed by atoms with E-state index in [4.69, 9.17) is 4.74 Å². The summed E-state index contributed by atoms with van der Waals surface area (Å²) in [7, 11) is 0. The first-order valence-electron chi connectivity index (χ1n) is 5.42. The molecule has 0 aliphatic rings. The lowest BCUT2D eigenvalue weighted by atomic mass is 10.0. The van der Waals surface area contributed by atoms with Gasteiger partial charge in [-0.3, -0.25) is 0 Å². The molecular weight excluding hydrogens is 233 g/mol. The van der Waals surface area contributed by atoms with Crippen LogP contribution in [0.15, 0.2) is 18.2 Å². The topological polar surface area (TPSA) is 29.5 Å². The van der Waals surface area contributed by atoms with Gasteiger partial charge in [0.05, 0.1) is 18.3 Å². The van der Waals surface area contributed by atoms with Gasteiger partial charge in [-0.25, -0.2) is 0 Å². The van der Waals surface area contributed by atoms with Crippen LogP contribution in [0.3, 0.4) is 0 Å². The van der Waals surface area contributed by atoms with Gasteiger partial charge in [-0.05, 0) is 31.5 Å². The average Bonchev–Trinajstić information content (AvgIpc) is 2.27. The molecule has 1 aromatic rings. The molecule has 1 aromatic carbocycles. The standard InChI is InChI=1S/C12H15F3O2/c1-3-10(16)9-7-8(12(13,14)15)5-6-11(9)17-4-2/h5-7,10,16H,3-4H2,1-2H3. The fourth-order valence-electron chi connectivity index (χ4n) is 1.49. The molecule has 0 aromatic heterocycles. The van der Waals surface area contributed by atoms with E-state index in [2.05, 4.69) is 0 Å². The molecule has 0 heterocycles. The lowest BCUT2D eigenvalue weighted by Crippen LogP contribution is -2.08. The highest BCUT2D eigenvalue weighted by Crippen LogP contribution is 2.35. The third kappa shape index (κ3) is 3.36. The van der Waals surface area contributed by atoms with Gasteiger partial charge in [-0.2, -0.15) is 13.2 Å². The van der Waals surface area contributed by atoms with Gasteiger partial charge >= 0.3 is 6.18 Å². The Morgan fingerprint density at radius 3 is 2.41 bits per heavy atom. The van der Waals surface area contributed by atoms with E-state index >= 15 is 0 Å². The van der Waals surface area contributed by atoms with Crippen molar-refractivity contribution in [3.05, 3.63) is 29.3 Å². The molecule has 0 bridgehead atoms. The maximum Gasteiger partial charge on any atom is 0.416 e. The van der Waals surface area contributed by atoms with Crippen molar-refractivity contribution in [2.24, 2.45) is 0 Å². The van der Waals surface area contributed by atoms with Gasteiger partial charge in [0.2, 0.25) is 0 Å². The molecule has 0 saturated carbocycles. The summed E-state index contributed by atoms with van der Waals surface area (Å²) in [6.07, 6.45) is -5.02. The van der Waals surface area contributed by atoms with Gasteiger partial charge in [0, 0.05) is 5.56 Å². The molecule has 0 aliphatic carbocycles. The van der Waals surface area contributed by atoms with E-state index in [-0.39, 0.29) is 5.56 Å². The molecular formula is C12H15F3O2. The van der Waals surface area contributed by atoms with E-state index in [9.17, 15) is 18.3 Å². The summed E-state index contributed by atoms with van der Waals surface area (Å²) in [5.74, 6) is 0.301. The molecule has 0 fully saturated rings. The molecule has 0 saturated heterocycles. The monoisotopic (exact) mass is 248 g/mol. The Morgan fingerprint density at radius 2 is 1.94 bits per heavy atom. The summed E-state index contributed by atoms with van der Waals surface area (Å²) < 4.78 is 42.8. The van der Waals surface area contributed by atoms with Crippen LogP contribution in [0.5, 0.6) is 5.75 Å². The van der Waals surface area contributed by atoms with E-state index in [1.54, 1.807) is 13.8 Å². The minimum absolute atomic E-state index is 0.184. The van der Waals surface area contributed by atoms with Crippen LogP contribution in [0.4, 0.5) is 13.2 Å². The van der Waals surface area contributed by atoms with Crippen molar-refractivity contribution in [1.29, 1.82) is 0 Å². The Hall–Kier alpha value is -1.23. The quantitative estimate of drug-likeness (QED) is 0.883. The molecule has 0 amide bonds. The lowest BCUT2D eigenvalue weighted by Gasteiger charge is -2.16. The van der Waals surface area contributed by atoms with Crippen LogP contribution in [0, 0.1) is 0 Å². The molecule has 1 atom stereocenters. The predicted octanol–water partition coefficient (Wildman–Crippen LogP) is 3.55. The molecule has 0 aliphatic heterocycles. The fraction of sp³-hybridized carbons (Fsp3) is 0.500. The first kappa shape index (κ1) is 13.8. The second kappa shape index (κ2) is 5.40. The highest BCUT2D eigenvalue weighted by molar-refractivity contribution is 5.39. The van der Waals surface area contributed by atoms with Crippen LogP contribution >= 0.6 is 0 Å². The number of hydrogen-bond acceptors (Lipinski definition) is 2. The smallest absolute Gasteiger partial charge is 0.416 e. The number of alkyl halides is 3. The normalized spacial score (nSPS) is 13.5. The molecule has 1 N–H and O–H groups in total. The predicted molar refractivity (Wildman–Crippen MR) is 57.9 cm³/mol. The number of halogens is 3. The summed E-state index contributed by atoms with van der Waals surface area (Å²) in [5, 5.41) is 9.68. The summed E-state index contributed by atoms with van der Waals surface area (Å²) in [6.45, 7) is 3.77. The Kier molecular flexibility index (Phi) is 4.40. The zero-order chi connectivity index (χ0) is 13.1. The molecule has 17 heavy (non-hydrogen) atoms. The summed E-state index contributed by atoms with van der Waals surface area (Å²) >= 11 is 0. The van der Waals surface area contributed by atoms with Crippen LogP contribution < -0.4 is 4.74 Å². The van der Waals surface area contributed by atoms with Crippen LogP contribution in [0.2, 0.25) is 0 Å². The van der Waals surface area contributed by atoms with Crippen molar-refractivity contribution in [1.82, 2.24) is 0 Å². The Labute approximate surface area is 98.0 Å². The average molecular weight is 248 g/mol. The minimum atomic E-state index is -4.41.